The number of nitrogens with zero attached hydrogens (tertiary/aromatic N) is 3. The predicted octanol–water partition coefficient (Wildman–Crippen LogP) is 2.12. The molecule has 0 atom stereocenters. The Hall–Kier alpha value is -2.38. The third-order valence-electron chi connectivity index (χ3n) is 3.93. The highest BCUT2D eigenvalue weighted by Crippen LogP contribution is 2.25. The molecular weight excluding hydrogens is 312 g/mol. The van der Waals surface area contributed by atoms with Crippen LogP contribution in [0.15, 0.2) is 35.8 Å². The van der Waals surface area contributed by atoms with Gasteiger partial charge in [0.05, 0.1) is 18.9 Å². The van der Waals surface area contributed by atoms with Crippen molar-refractivity contribution in [2.45, 2.75) is 0 Å². The van der Waals surface area contributed by atoms with E-state index in [4.69, 9.17) is 10.5 Å². The lowest BCUT2D eigenvalue weighted by Crippen LogP contribution is -2.41. The van der Waals surface area contributed by atoms with Gasteiger partial charge in [-0.2, -0.15) is 0 Å². The van der Waals surface area contributed by atoms with E-state index >= 15 is 0 Å². The Kier molecular flexibility index (Phi) is 3.51. The van der Waals surface area contributed by atoms with Crippen LogP contribution in [0, 0.1) is 0 Å². The summed E-state index contributed by atoms with van der Waals surface area (Å²) in [5.41, 5.74) is 8.92. The van der Waals surface area contributed by atoms with Crippen molar-refractivity contribution in [2.75, 3.05) is 32.0 Å². The van der Waals surface area contributed by atoms with Crippen molar-refractivity contribution in [3.8, 4) is 11.3 Å². The van der Waals surface area contributed by atoms with Gasteiger partial charge in [-0.15, -0.1) is 11.3 Å². The van der Waals surface area contributed by atoms with Crippen LogP contribution in [0.25, 0.3) is 16.2 Å². The standard InChI is InChI=1S/C16H16N4O2S/c17-12-3-1-11(2-4-12)13-9-20-14(10-23-16(20)18-13)15(21)19-5-7-22-8-6-19/h1-4,9-10H,5-8,17H2. The third kappa shape index (κ3) is 2.58. The number of rotatable bonds is 2. The van der Waals surface area contributed by atoms with Gasteiger partial charge in [-0.1, -0.05) is 12.1 Å². The summed E-state index contributed by atoms with van der Waals surface area (Å²) in [6.45, 7) is 2.46. The fraction of sp³-hybridized carbons (Fsp3) is 0.250. The van der Waals surface area contributed by atoms with Gasteiger partial charge < -0.3 is 15.4 Å². The molecule has 118 valence electrons. The van der Waals surface area contributed by atoms with Crippen molar-refractivity contribution in [3.63, 3.8) is 0 Å². The Morgan fingerprint density at radius 3 is 2.70 bits per heavy atom. The average Bonchev–Trinajstić information content (AvgIpc) is 3.16. The smallest absolute Gasteiger partial charge is 0.271 e. The van der Waals surface area contributed by atoms with Crippen LogP contribution in [0.1, 0.15) is 10.5 Å². The fourth-order valence-electron chi connectivity index (χ4n) is 2.66. The molecule has 0 radical (unpaired) electrons. The SMILES string of the molecule is Nc1ccc(-c2cn3c(C(=O)N4CCOCC4)csc3n2)cc1. The van der Waals surface area contributed by atoms with E-state index < -0.39 is 0 Å². The van der Waals surface area contributed by atoms with Crippen LogP contribution in [0.2, 0.25) is 0 Å². The molecule has 1 fully saturated rings. The monoisotopic (exact) mass is 328 g/mol. The van der Waals surface area contributed by atoms with Crippen molar-refractivity contribution >= 4 is 27.9 Å². The summed E-state index contributed by atoms with van der Waals surface area (Å²) in [6.07, 6.45) is 1.91. The van der Waals surface area contributed by atoms with E-state index in [1.165, 1.54) is 11.3 Å². The molecule has 2 aromatic heterocycles. The van der Waals surface area contributed by atoms with E-state index in [1.54, 1.807) is 0 Å². The number of anilines is 1. The lowest BCUT2D eigenvalue weighted by molar-refractivity contribution is 0.0298. The van der Waals surface area contributed by atoms with E-state index in [2.05, 4.69) is 4.98 Å². The van der Waals surface area contributed by atoms with Crippen LogP contribution in [0.3, 0.4) is 0 Å². The maximum atomic E-state index is 12.7. The number of amides is 1. The Labute approximate surface area is 137 Å². The maximum absolute atomic E-state index is 12.7. The quantitative estimate of drug-likeness (QED) is 0.731. The number of nitrogen functional groups attached to an aromatic ring is 1. The fourth-order valence-corrected chi connectivity index (χ4v) is 3.51. The minimum Gasteiger partial charge on any atom is -0.399 e. The van der Waals surface area contributed by atoms with Crippen molar-refractivity contribution in [2.24, 2.45) is 0 Å². The zero-order valence-corrected chi connectivity index (χ0v) is 13.3. The second kappa shape index (κ2) is 5.68. The predicted molar refractivity (Wildman–Crippen MR) is 89.6 cm³/mol. The second-order valence-corrected chi connectivity index (χ2v) is 6.26. The van der Waals surface area contributed by atoms with Gasteiger partial charge in [0.25, 0.3) is 5.91 Å². The van der Waals surface area contributed by atoms with Gasteiger partial charge in [-0.3, -0.25) is 9.20 Å². The number of imidazole rings is 1. The average molecular weight is 328 g/mol. The summed E-state index contributed by atoms with van der Waals surface area (Å²) in [5.74, 6) is 0.0285. The molecule has 0 unspecified atom stereocenters. The molecule has 1 aromatic carbocycles. The molecule has 1 aliphatic heterocycles. The molecule has 23 heavy (non-hydrogen) atoms. The largest absolute Gasteiger partial charge is 0.399 e. The summed E-state index contributed by atoms with van der Waals surface area (Å²) in [5, 5.41) is 1.87. The van der Waals surface area contributed by atoms with Crippen molar-refractivity contribution < 1.29 is 9.53 Å². The Bertz CT molecular complexity index is 847. The van der Waals surface area contributed by atoms with Crippen molar-refractivity contribution in [3.05, 3.63) is 41.5 Å². The van der Waals surface area contributed by atoms with Gasteiger partial charge in [0.2, 0.25) is 0 Å². The van der Waals surface area contributed by atoms with Crippen molar-refractivity contribution in [1.29, 1.82) is 0 Å². The van der Waals surface area contributed by atoms with Gasteiger partial charge in [0.1, 0.15) is 5.69 Å². The second-order valence-electron chi connectivity index (χ2n) is 5.43. The molecule has 1 aliphatic rings. The zero-order valence-electron chi connectivity index (χ0n) is 12.4. The zero-order chi connectivity index (χ0) is 15.8. The van der Waals surface area contributed by atoms with Gasteiger partial charge >= 0.3 is 0 Å². The molecule has 0 aliphatic carbocycles. The molecule has 1 amide bonds. The molecule has 4 rings (SSSR count). The highest BCUT2D eigenvalue weighted by molar-refractivity contribution is 7.15. The van der Waals surface area contributed by atoms with Crippen LogP contribution in [-0.4, -0.2) is 46.5 Å². The number of carbonyl (C=O) groups is 1. The van der Waals surface area contributed by atoms with E-state index in [9.17, 15) is 4.79 Å². The summed E-state index contributed by atoms with van der Waals surface area (Å²) in [7, 11) is 0. The lowest BCUT2D eigenvalue weighted by atomic mass is 10.1. The highest BCUT2D eigenvalue weighted by Gasteiger charge is 2.22. The van der Waals surface area contributed by atoms with E-state index in [0.29, 0.717) is 32.0 Å². The third-order valence-corrected chi connectivity index (χ3v) is 4.77. The minimum atomic E-state index is 0.0285. The van der Waals surface area contributed by atoms with Gasteiger partial charge in [0.15, 0.2) is 4.96 Å². The highest BCUT2D eigenvalue weighted by atomic mass is 32.1. The number of aromatic nitrogens is 2. The number of ether oxygens (including phenoxy) is 1. The first-order valence-electron chi connectivity index (χ1n) is 7.42. The summed E-state index contributed by atoms with van der Waals surface area (Å²) in [4.78, 5) is 19.9. The number of nitrogens with two attached hydrogens (primary N) is 1. The number of benzene rings is 1. The number of hydrogen-bond donors (Lipinski definition) is 1. The molecule has 3 aromatic rings. The maximum Gasteiger partial charge on any atom is 0.271 e. The molecule has 0 bridgehead atoms. The minimum absolute atomic E-state index is 0.0285. The summed E-state index contributed by atoms with van der Waals surface area (Å²) in [6, 6.07) is 7.57. The first-order valence-corrected chi connectivity index (χ1v) is 8.30. The number of carbonyl (C=O) groups excluding carboxylic acids is 1. The molecular formula is C16H16N4O2S. The Morgan fingerprint density at radius 1 is 1.22 bits per heavy atom. The molecule has 0 saturated carbocycles. The molecule has 3 heterocycles. The Morgan fingerprint density at radius 2 is 1.96 bits per heavy atom. The molecule has 6 nitrogen and oxygen atoms in total. The first kappa shape index (κ1) is 14.2. The molecule has 0 spiro atoms. The van der Waals surface area contributed by atoms with Gasteiger partial charge in [0, 0.05) is 35.9 Å². The van der Waals surface area contributed by atoms with E-state index in [0.717, 1.165) is 21.9 Å². The van der Waals surface area contributed by atoms with Crippen LogP contribution < -0.4 is 5.73 Å². The van der Waals surface area contributed by atoms with Crippen LogP contribution in [0.4, 0.5) is 5.69 Å². The number of thiazole rings is 1. The van der Waals surface area contributed by atoms with Crippen LogP contribution in [0.5, 0.6) is 0 Å². The van der Waals surface area contributed by atoms with E-state index in [1.807, 2.05) is 45.1 Å². The molecule has 1 saturated heterocycles. The number of hydrogen-bond acceptors (Lipinski definition) is 5. The normalized spacial score (nSPS) is 15.2. The van der Waals surface area contributed by atoms with Crippen molar-refractivity contribution in [1.82, 2.24) is 14.3 Å². The van der Waals surface area contributed by atoms with Crippen LogP contribution in [-0.2, 0) is 4.74 Å². The lowest BCUT2D eigenvalue weighted by Gasteiger charge is -2.26. The first-order chi connectivity index (χ1) is 11.2. The Balaban J connectivity index is 1.69. The number of morpholine rings is 1. The summed E-state index contributed by atoms with van der Waals surface area (Å²) < 4.78 is 7.17. The topological polar surface area (TPSA) is 72.9 Å². The summed E-state index contributed by atoms with van der Waals surface area (Å²) >= 11 is 1.47. The number of fused-ring (bicyclic) bond motifs is 1. The van der Waals surface area contributed by atoms with Gasteiger partial charge in [-0.25, -0.2) is 4.98 Å². The van der Waals surface area contributed by atoms with Gasteiger partial charge in [-0.05, 0) is 12.1 Å². The molecule has 7 heteroatoms. The van der Waals surface area contributed by atoms with E-state index in [-0.39, 0.29) is 5.91 Å². The molecule has 2 N–H and O–H groups in total. The van der Waals surface area contributed by atoms with Crippen LogP contribution >= 0.6 is 11.3 Å².